The third-order valence-electron chi connectivity index (χ3n) is 3.34. The summed E-state index contributed by atoms with van der Waals surface area (Å²) in [5.74, 6) is -1.04. The summed E-state index contributed by atoms with van der Waals surface area (Å²) in [5, 5.41) is 9.70. The topological polar surface area (TPSA) is 40.5 Å². The molecule has 2 rings (SSSR count). The summed E-state index contributed by atoms with van der Waals surface area (Å²) in [5.41, 5.74) is 2.05. The number of aryl methyl sites for hydroxylation is 1. The largest absolute Gasteiger partial charge is 0.507 e. The van der Waals surface area contributed by atoms with Gasteiger partial charge in [0.15, 0.2) is 5.78 Å². The van der Waals surface area contributed by atoms with Crippen molar-refractivity contribution in [2.75, 3.05) is 18.0 Å². The Morgan fingerprint density at radius 3 is 2.67 bits per heavy atom. The van der Waals surface area contributed by atoms with Gasteiger partial charge in [-0.1, -0.05) is 12.1 Å². The average Bonchev–Trinajstić information content (AvgIpc) is 2.47. The predicted molar refractivity (Wildman–Crippen MR) is 81.5 cm³/mol. The van der Waals surface area contributed by atoms with Gasteiger partial charge in [0.25, 0.3) is 0 Å². The summed E-state index contributed by atoms with van der Waals surface area (Å²) in [7, 11) is 0. The smallest absolute Gasteiger partial charge is 0.185 e. The minimum Gasteiger partial charge on any atom is -0.507 e. The van der Waals surface area contributed by atoms with Crippen LogP contribution in [0.4, 0.5) is 10.1 Å². The fourth-order valence-electron chi connectivity index (χ4n) is 2.20. The Morgan fingerprint density at radius 1 is 1.24 bits per heavy atom. The zero-order chi connectivity index (χ0) is 15.4. The van der Waals surface area contributed by atoms with Crippen LogP contribution < -0.4 is 4.90 Å². The van der Waals surface area contributed by atoms with Gasteiger partial charge in [0.05, 0.1) is 12.1 Å². The van der Waals surface area contributed by atoms with Crippen molar-refractivity contribution < 1.29 is 14.3 Å². The van der Waals surface area contributed by atoms with Crippen LogP contribution >= 0.6 is 0 Å². The van der Waals surface area contributed by atoms with E-state index in [4.69, 9.17) is 0 Å². The average molecular weight is 287 g/mol. The standard InChI is InChI=1S/C17H18FNO2/c1-3-19(14-6-4-5-12(2)9-14)11-17(21)15-10-13(18)7-8-16(15)20/h4-10,20H,3,11H2,1-2H3. The van der Waals surface area contributed by atoms with Gasteiger partial charge in [0.2, 0.25) is 0 Å². The number of halogens is 1. The Morgan fingerprint density at radius 2 is 2.00 bits per heavy atom. The van der Waals surface area contributed by atoms with E-state index in [0.717, 1.165) is 23.4 Å². The van der Waals surface area contributed by atoms with Crippen LogP contribution in [0.5, 0.6) is 5.75 Å². The lowest BCUT2D eigenvalue weighted by Gasteiger charge is -2.23. The first-order chi connectivity index (χ1) is 10.0. The molecule has 0 aliphatic carbocycles. The highest BCUT2D eigenvalue weighted by Gasteiger charge is 2.16. The molecule has 0 radical (unpaired) electrons. The Kier molecular flexibility index (Phi) is 4.58. The monoisotopic (exact) mass is 287 g/mol. The normalized spacial score (nSPS) is 10.4. The van der Waals surface area contributed by atoms with E-state index in [1.54, 1.807) is 0 Å². The number of phenols is 1. The Labute approximate surface area is 123 Å². The van der Waals surface area contributed by atoms with E-state index in [-0.39, 0.29) is 23.6 Å². The molecule has 0 aliphatic rings. The molecule has 0 aliphatic heterocycles. The SMILES string of the molecule is CCN(CC(=O)c1cc(F)ccc1O)c1cccc(C)c1. The first-order valence-electron chi connectivity index (χ1n) is 6.84. The molecule has 0 unspecified atom stereocenters. The first kappa shape index (κ1) is 15.0. The maximum atomic E-state index is 13.2. The number of hydrogen-bond donors (Lipinski definition) is 1. The summed E-state index contributed by atoms with van der Waals surface area (Å²) in [6, 6.07) is 11.2. The highest BCUT2D eigenvalue weighted by molar-refractivity contribution is 6.01. The third kappa shape index (κ3) is 3.60. The first-order valence-corrected chi connectivity index (χ1v) is 6.84. The summed E-state index contributed by atoms with van der Waals surface area (Å²) in [4.78, 5) is 14.2. The molecule has 2 aromatic rings. The second-order valence-electron chi connectivity index (χ2n) is 4.94. The number of likely N-dealkylation sites (N-methyl/N-ethyl adjacent to an activating group) is 1. The van der Waals surface area contributed by atoms with E-state index in [0.29, 0.717) is 6.54 Å². The van der Waals surface area contributed by atoms with Crippen molar-refractivity contribution in [3.63, 3.8) is 0 Å². The van der Waals surface area contributed by atoms with Gasteiger partial charge in [-0.05, 0) is 49.7 Å². The summed E-state index contributed by atoms with van der Waals surface area (Å²) in [6.07, 6.45) is 0. The van der Waals surface area contributed by atoms with Crippen molar-refractivity contribution in [3.05, 3.63) is 59.4 Å². The summed E-state index contributed by atoms with van der Waals surface area (Å²) in [6.45, 7) is 4.67. The van der Waals surface area contributed by atoms with Gasteiger partial charge in [0, 0.05) is 12.2 Å². The van der Waals surface area contributed by atoms with Gasteiger partial charge < -0.3 is 10.0 Å². The lowest BCUT2D eigenvalue weighted by Crippen LogP contribution is -2.29. The van der Waals surface area contributed by atoms with Crippen molar-refractivity contribution in [2.24, 2.45) is 0 Å². The van der Waals surface area contributed by atoms with E-state index in [1.165, 1.54) is 6.07 Å². The quantitative estimate of drug-likeness (QED) is 0.855. The van der Waals surface area contributed by atoms with E-state index in [1.807, 2.05) is 43.0 Å². The molecule has 4 heteroatoms. The van der Waals surface area contributed by atoms with Gasteiger partial charge in [-0.2, -0.15) is 0 Å². The number of anilines is 1. The van der Waals surface area contributed by atoms with Gasteiger partial charge >= 0.3 is 0 Å². The second-order valence-corrected chi connectivity index (χ2v) is 4.94. The van der Waals surface area contributed by atoms with E-state index >= 15 is 0 Å². The van der Waals surface area contributed by atoms with Gasteiger partial charge in [0.1, 0.15) is 11.6 Å². The number of rotatable bonds is 5. The van der Waals surface area contributed by atoms with Gasteiger partial charge in [-0.3, -0.25) is 4.79 Å². The molecule has 3 nitrogen and oxygen atoms in total. The number of nitrogens with zero attached hydrogens (tertiary/aromatic N) is 1. The predicted octanol–water partition coefficient (Wildman–Crippen LogP) is 3.55. The van der Waals surface area contributed by atoms with Crippen LogP contribution in [0.25, 0.3) is 0 Å². The van der Waals surface area contributed by atoms with Crippen LogP contribution in [0.1, 0.15) is 22.8 Å². The molecule has 1 N–H and O–H groups in total. The molecule has 0 atom stereocenters. The van der Waals surface area contributed by atoms with Crippen LogP contribution in [0.15, 0.2) is 42.5 Å². The number of carbonyl (C=O) groups is 1. The van der Waals surface area contributed by atoms with Crippen LogP contribution in [0.2, 0.25) is 0 Å². The molecule has 0 fully saturated rings. The van der Waals surface area contributed by atoms with Crippen molar-refractivity contribution in [1.29, 1.82) is 0 Å². The van der Waals surface area contributed by atoms with Gasteiger partial charge in [-0.25, -0.2) is 4.39 Å². The maximum Gasteiger partial charge on any atom is 0.185 e. The van der Waals surface area contributed by atoms with Crippen LogP contribution in [-0.2, 0) is 0 Å². The number of ketones is 1. The number of hydrogen-bond acceptors (Lipinski definition) is 3. The number of aromatic hydroxyl groups is 1. The molecule has 0 spiro atoms. The molecule has 21 heavy (non-hydrogen) atoms. The second kappa shape index (κ2) is 6.39. The van der Waals surface area contributed by atoms with Crippen LogP contribution in [-0.4, -0.2) is 24.0 Å². The molecule has 0 bridgehead atoms. The molecule has 2 aromatic carbocycles. The van der Waals surface area contributed by atoms with E-state index < -0.39 is 5.82 Å². The van der Waals surface area contributed by atoms with Crippen molar-refractivity contribution in [3.8, 4) is 5.75 Å². The number of benzene rings is 2. The maximum absolute atomic E-state index is 13.2. The molecule has 0 heterocycles. The lowest BCUT2D eigenvalue weighted by atomic mass is 10.1. The fraction of sp³-hybridized carbons (Fsp3) is 0.235. The van der Waals surface area contributed by atoms with Crippen molar-refractivity contribution >= 4 is 11.5 Å². The Hall–Kier alpha value is -2.36. The van der Waals surface area contributed by atoms with Gasteiger partial charge in [-0.15, -0.1) is 0 Å². The van der Waals surface area contributed by atoms with E-state index in [9.17, 15) is 14.3 Å². The Balaban J connectivity index is 2.22. The number of phenolic OH excluding ortho intramolecular Hbond substituents is 1. The number of Topliss-reactive ketones (excluding diaryl/α,β-unsaturated/α-hetero) is 1. The molecule has 110 valence electrons. The lowest BCUT2D eigenvalue weighted by molar-refractivity contribution is 0.0996. The molecule has 0 saturated heterocycles. The highest BCUT2D eigenvalue weighted by atomic mass is 19.1. The zero-order valence-corrected chi connectivity index (χ0v) is 12.1. The minimum atomic E-state index is -0.533. The molecule has 0 aromatic heterocycles. The number of carbonyl (C=O) groups excluding carboxylic acids is 1. The molecular formula is C17H18FNO2. The van der Waals surface area contributed by atoms with Crippen LogP contribution in [0, 0.1) is 12.7 Å². The van der Waals surface area contributed by atoms with Crippen molar-refractivity contribution in [1.82, 2.24) is 0 Å². The molecule has 0 amide bonds. The fourth-order valence-corrected chi connectivity index (χ4v) is 2.20. The Bertz CT molecular complexity index is 655. The van der Waals surface area contributed by atoms with E-state index in [2.05, 4.69) is 0 Å². The van der Waals surface area contributed by atoms with Crippen LogP contribution in [0.3, 0.4) is 0 Å². The summed E-state index contributed by atoms with van der Waals surface area (Å²) >= 11 is 0. The third-order valence-corrected chi connectivity index (χ3v) is 3.34. The minimum absolute atomic E-state index is 0.0149. The molecular weight excluding hydrogens is 269 g/mol. The zero-order valence-electron chi connectivity index (χ0n) is 12.1. The molecule has 0 saturated carbocycles. The highest BCUT2D eigenvalue weighted by Crippen LogP contribution is 2.21. The summed E-state index contributed by atoms with van der Waals surface area (Å²) < 4.78 is 13.2. The van der Waals surface area contributed by atoms with Crippen molar-refractivity contribution in [2.45, 2.75) is 13.8 Å².